The molecule has 7 atom stereocenters. The van der Waals surface area contributed by atoms with Gasteiger partial charge in [0.05, 0.1) is 26.1 Å². The number of likely N-dealkylation sites (N-methyl/N-ethyl adjacent to an activating group) is 1. The number of benzene rings is 1. The molecule has 25 heteroatoms. The van der Waals surface area contributed by atoms with Crippen molar-refractivity contribution in [3.63, 3.8) is 0 Å². The highest BCUT2D eigenvalue weighted by Crippen LogP contribution is 2.15. The average molecular weight is 973 g/mol. The zero-order valence-corrected chi connectivity index (χ0v) is 39.5. The minimum Gasteiger partial charge on any atom is -0.508 e. The number of nitrogens with one attached hydrogen (secondary N) is 8. The molecule has 2 rings (SSSR count). The second-order valence-electron chi connectivity index (χ2n) is 16.9. The van der Waals surface area contributed by atoms with Crippen molar-refractivity contribution < 1.29 is 62.6 Å². The van der Waals surface area contributed by atoms with Gasteiger partial charge in [-0.25, -0.2) is 0 Å². The fourth-order valence-corrected chi connectivity index (χ4v) is 6.99. The van der Waals surface area contributed by atoms with Gasteiger partial charge in [-0.05, 0) is 42.9 Å². The van der Waals surface area contributed by atoms with Crippen LogP contribution < -0.4 is 59.7 Å². The van der Waals surface area contributed by atoms with Crippen molar-refractivity contribution in [2.24, 2.45) is 23.1 Å². The molecule has 69 heavy (non-hydrogen) atoms. The van der Waals surface area contributed by atoms with Crippen molar-refractivity contribution in [2.45, 2.75) is 134 Å². The van der Waals surface area contributed by atoms with E-state index in [1.54, 1.807) is 13.8 Å². The van der Waals surface area contributed by atoms with Crippen LogP contribution >= 0.6 is 0 Å². The van der Waals surface area contributed by atoms with Crippen molar-refractivity contribution in [3.05, 3.63) is 29.8 Å². The number of carbonyl (C=O) groups excluding carboxylic acids is 12. The van der Waals surface area contributed by atoms with Crippen LogP contribution in [-0.4, -0.2) is 144 Å². The number of hydrogen-bond acceptors (Lipinski definition) is 13. The predicted octanol–water partition coefficient (Wildman–Crippen LogP) is -4.03. The van der Waals surface area contributed by atoms with Crippen LogP contribution in [0.1, 0.15) is 97.0 Å². The molecule has 0 radical (unpaired) electrons. The number of phenolic OH excluding ortho intramolecular Hbond substituents is 1. The molecule has 1 aliphatic rings. The molecule has 0 bridgehead atoms. The Labute approximate surface area is 399 Å². The Morgan fingerprint density at radius 1 is 0.768 bits per heavy atom. The van der Waals surface area contributed by atoms with Crippen molar-refractivity contribution >= 4 is 70.9 Å². The normalized spacial score (nSPS) is 20.7. The molecule has 0 saturated carbocycles. The number of primary amides is 3. The van der Waals surface area contributed by atoms with E-state index in [0.717, 1.165) is 24.2 Å². The van der Waals surface area contributed by atoms with E-state index >= 15 is 0 Å². The van der Waals surface area contributed by atoms with E-state index in [2.05, 4.69) is 42.5 Å². The highest BCUT2D eigenvalue weighted by Gasteiger charge is 2.36. The number of phenols is 1. The Balaban J connectivity index is 2.57. The quantitative estimate of drug-likeness (QED) is 0.0523. The van der Waals surface area contributed by atoms with Gasteiger partial charge in [-0.2, -0.15) is 0 Å². The lowest BCUT2D eigenvalue weighted by Crippen LogP contribution is -2.61. The lowest BCUT2D eigenvalue weighted by molar-refractivity contribution is -0.140. The number of hydrogen-bond donors (Lipinski definition) is 12. The molecular weight excluding hydrogens is 905 g/mol. The first-order chi connectivity index (χ1) is 32.5. The summed E-state index contributed by atoms with van der Waals surface area (Å²) >= 11 is 0. The van der Waals surface area contributed by atoms with Gasteiger partial charge in [-0.15, -0.1) is 0 Å². The lowest BCUT2D eigenvalue weighted by atomic mass is 9.96. The second kappa shape index (κ2) is 29.4. The van der Waals surface area contributed by atoms with Crippen LogP contribution in [0.5, 0.6) is 5.75 Å². The van der Waals surface area contributed by atoms with Crippen LogP contribution in [0.15, 0.2) is 24.3 Å². The van der Waals surface area contributed by atoms with Crippen molar-refractivity contribution in [1.29, 1.82) is 0 Å². The molecule has 1 aromatic carbocycles. The maximum atomic E-state index is 14.0. The lowest BCUT2D eigenvalue weighted by Gasteiger charge is -2.29. The van der Waals surface area contributed by atoms with E-state index in [1.807, 2.05) is 6.92 Å². The van der Waals surface area contributed by atoms with Gasteiger partial charge >= 0.3 is 0 Å². The first-order valence-electron chi connectivity index (χ1n) is 22.8. The maximum absolute atomic E-state index is 14.0. The summed E-state index contributed by atoms with van der Waals surface area (Å²) in [5.41, 5.74) is 16.5. The first kappa shape index (κ1) is 57.8. The van der Waals surface area contributed by atoms with Gasteiger partial charge in [0, 0.05) is 26.3 Å². The van der Waals surface area contributed by atoms with E-state index in [-0.39, 0.29) is 18.6 Å². The number of unbranched alkanes of at least 4 members (excludes halogenated alkanes) is 3. The van der Waals surface area contributed by atoms with Crippen LogP contribution in [-0.2, 0) is 64.0 Å². The number of amides is 12. The van der Waals surface area contributed by atoms with Crippen molar-refractivity contribution in [3.8, 4) is 5.75 Å². The summed E-state index contributed by atoms with van der Waals surface area (Å²) in [5.74, 6) is -11.6. The monoisotopic (exact) mass is 973 g/mol. The molecule has 1 fully saturated rings. The number of nitrogens with zero attached hydrogens (tertiary/aromatic N) is 1. The Hall–Kier alpha value is -7.34. The Kier molecular flexibility index (Phi) is 24.6. The van der Waals surface area contributed by atoms with Gasteiger partial charge < -0.3 is 69.7 Å². The van der Waals surface area contributed by atoms with Gasteiger partial charge in [0.1, 0.15) is 42.0 Å². The Bertz CT molecular complexity index is 2020. The number of nitrogens with two attached hydrogens (primary N) is 3. The Morgan fingerprint density at radius 3 is 2.01 bits per heavy atom. The van der Waals surface area contributed by atoms with Gasteiger partial charge in [0.15, 0.2) is 0 Å². The fourth-order valence-electron chi connectivity index (χ4n) is 6.99. The van der Waals surface area contributed by atoms with Crippen LogP contribution in [0, 0.1) is 5.92 Å². The van der Waals surface area contributed by atoms with Gasteiger partial charge in [-0.3, -0.25) is 57.5 Å². The topological polar surface area (TPSA) is 403 Å². The van der Waals surface area contributed by atoms with Crippen LogP contribution in [0.3, 0.4) is 0 Å². The molecule has 0 aromatic heterocycles. The van der Waals surface area contributed by atoms with Gasteiger partial charge in [0.25, 0.3) is 0 Å². The molecule has 1 aliphatic heterocycles. The third kappa shape index (κ3) is 21.4. The number of carbonyl (C=O) groups is 12. The van der Waals surface area contributed by atoms with Crippen LogP contribution in [0.4, 0.5) is 0 Å². The maximum Gasteiger partial charge on any atom is 0.245 e. The smallest absolute Gasteiger partial charge is 0.245 e. The standard InChI is InChI=1S/C44H68N12O13/c1-5-7-8-9-10-27(39(64)49-21-34(47)60)50-37(63)23-56(4)44(69)29-16-18-35(61)48-22-36(62)51-30(19-25-11-13-26(57)14-12-25)42(67)55-38(24(3)6-2)43(68)52-28(15-17-32(45)58)40(65)54-31(20-33(46)59)41(66)53-29/h11-14,24,27-31,38,57H,5-10,15-23H2,1-4H3,(H2,45,58)(H2,46,59)(H2,47,60)(H,48,61)(H,49,64)(H,50,63)(H,51,62)(H,52,68)(H,53,66)(H,54,65)(H,55,67)/t24-,27-,28-,29-,30-,31-,38-/m0/s1. The molecule has 15 N–H and O–H groups in total. The molecule has 1 heterocycles. The van der Waals surface area contributed by atoms with Crippen molar-refractivity contribution in [2.75, 3.05) is 26.7 Å². The second-order valence-corrected chi connectivity index (χ2v) is 16.9. The summed E-state index contributed by atoms with van der Waals surface area (Å²) in [7, 11) is 1.19. The minimum absolute atomic E-state index is 0.0709. The molecule has 0 spiro atoms. The van der Waals surface area contributed by atoms with E-state index in [0.29, 0.717) is 18.4 Å². The Morgan fingerprint density at radius 2 is 1.41 bits per heavy atom. The number of rotatable bonds is 21. The minimum atomic E-state index is -1.83. The molecule has 0 unspecified atom stereocenters. The molecule has 12 amide bonds. The fraction of sp³-hybridized carbons (Fsp3) is 0.591. The third-order valence-corrected chi connectivity index (χ3v) is 11.1. The molecular formula is C44H68N12O13. The average Bonchev–Trinajstić information content (AvgIpc) is 3.29. The summed E-state index contributed by atoms with van der Waals surface area (Å²) in [6, 6.07) is -3.22. The van der Waals surface area contributed by atoms with E-state index in [9.17, 15) is 62.6 Å². The molecule has 25 nitrogen and oxygen atoms in total. The van der Waals surface area contributed by atoms with Crippen molar-refractivity contribution in [1.82, 2.24) is 47.4 Å². The largest absolute Gasteiger partial charge is 0.508 e. The summed E-state index contributed by atoms with van der Waals surface area (Å²) in [6.45, 7) is 3.47. The molecule has 0 aliphatic carbocycles. The summed E-state index contributed by atoms with van der Waals surface area (Å²) in [4.78, 5) is 159. The predicted molar refractivity (Wildman–Crippen MR) is 246 cm³/mol. The summed E-state index contributed by atoms with van der Waals surface area (Å²) < 4.78 is 0. The highest BCUT2D eigenvalue weighted by molar-refractivity contribution is 5.99. The van der Waals surface area contributed by atoms with E-state index < -0.39 is 165 Å². The van der Waals surface area contributed by atoms with Crippen LogP contribution in [0.2, 0.25) is 0 Å². The zero-order chi connectivity index (χ0) is 51.8. The first-order valence-corrected chi connectivity index (χ1v) is 22.8. The van der Waals surface area contributed by atoms with Crippen LogP contribution in [0.25, 0.3) is 0 Å². The molecule has 1 aromatic rings. The summed E-state index contributed by atoms with van der Waals surface area (Å²) in [5, 5.41) is 29.4. The molecule has 382 valence electrons. The van der Waals surface area contributed by atoms with E-state index in [1.165, 1.54) is 31.3 Å². The SMILES string of the molecule is CCCCCC[C@H](NC(=O)CN(C)C(=O)[C@@H]1CCC(=O)NCC(=O)N[C@@H](Cc2ccc(O)cc2)C(=O)N[C@@H]([C@@H](C)CC)C(=O)N[C@@H](CCC(N)=O)C(=O)N[C@@H](CC(N)=O)C(=O)N1)C(=O)NCC(N)=O. The number of aromatic hydroxyl groups is 1. The van der Waals surface area contributed by atoms with Gasteiger partial charge in [0.2, 0.25) is 70.9 Å². The van der Waals surface area contributed by atoms with Gasteiger partial charge in [-0.1, -0.05) is 65.0 Å². The highest BCUT2D eigenvalue weighted by atomic mass is 16.3. The van der Waals surface area contributed by atoms with E-state index in [4.69, 9.17) is 17.2 Å². The third-order valence-electron chi connectivity index (χ3n) is 11.1. The molecule has 1 saturated heterocycles. The summed E-state index contributed by atoms with van der Waals surface area (Å²) in [6.07, 6.45) is 0.607. The zero-order valence-electron chi connectivity index (χ0n) is 39.5.